The molecule has 0 spiro atoms. The minimum atomic E-state index is -1.35. The minimum absolute atomic E-state index is 0.0517. The second-order valence-corrected chi connectivity index (χ2v) is 2.21. The Balaban J connectivity index is 3.05. The van der Waals surface area contributed by atoms with E-state index in [1.165, 1.54) is 19.4 Å². The fraction of sp³-hybridized carbons (Fsp3) is 0.125. The van der Waals surface area contributed by atoms with Crippen molar-refractivity contribution < 1.29 is 19.4 Å². The van der Waals surface area contributed by atoms with Crippen LogP contribution in [0.5, 0.6) is 0 Å². The Morgan fingerprint density at radius 2 is 2.23 bits per heavy atom. The molecule has 68 valence electrons. The summed E-state index contributed by atoms with van der Waals surface area (Å²) in [6, 6.07) is 2.34. The number of rotatable bonds is 2. The lowest BCUT2D eigenvalue weighted by molar-refractivity contribution is -0.255. The van der Waals surface area contributed by atoms with E-state index in [2.05, 4.69) is 9.72 Å². The molecule has 0 aliphatic heterocycles. The molecule has 13 heavy (non-hydrogen) atoms. The minimum Gasteiger partial charge on any atom is -0.545 e. The highest BCUT2D eigenvalue weighted by atomic mass is 16.5. The van der Waals surface area contributed by atoms with Crippen molar-refractivity contribution in [1.29, 1.82) is 0 Å². The van der Waals surface area contributed by atoms with Gasteiger partial charge in [-0.1, -0.05) is 0 Å². The van der Waals surface area contributed by atoms with E-state index in [1.807, 2.05) is 0 Å². The average Bonchev–Trinajstić information content (AvgIpc) is 2.17. The molecular weight excluding hydrogens is 174 g/mol. The van der Waals surface area contributed by atoms with E-state index in [9.17, 15) is 14.7 Å². The molecule has 0 unspecified atom stereocenters. The lowest BCUT2D eigenvalue weighted by Crippen LogP contribution is -2.22. The Morgan fingerprint density at radius 1 is 1.54 bits per heavy atom. The van der Waals surface area contributed by atoms with Gasteiger partial charge in [0.1, 0.15) is 5.69 Å². The first-order chi connectivity index (χ1) is 6.15. The molecule has 0 amide bonds. The van der Waals surface area contributed by atoms with E-state index in [-0.39, 0.29) is 11.3 Å². The Bertz CT molecular complexity index is 348. The third kappa shape index (κ3) is 2.02. The highest BCUT2D eigenvalue weighted by molar-refractivity contribution is 5.92. The number of nitrogens with zero attached hydrogens (tertiary/aromatic N) is 1. The Labute approximate surface area is 74.0 Å². The van der Waals surface area contributed by atoms with Crippen molar-refractivity contribution in [3.8, 4) is 0 Å². The molecule has 5 heteroatoms. The molecule has 0 aliphatic rings. The van der Waals surface area contributed by atoms with E-state index in [0.717, 1.165) is 6.07 Å². The van der Waals surface area contributed by atoms with Gasteiger partial charge in [-0.3, -0.25) is 0 Å². The fourth-order valence-corrected chi connectivity index (χ4v) is 0.774. The molecule has 0 aliphatic carbocycles. The van der Waals surface area contributed by atoms with Gasteiger partial charge in [-0.05, 0) is 12.1 Å². The first-order valence-electron chi connectivity index (χ1n) is 3.41. The van der Waals surface area contributed by atoms with Crippen LogP contribution in [0.4, 0.5) is 0 Å². The van der Waals surface area contributed by atoms with Crippen LogP contribution in [0.3, 0.4) is 0 Å². The number of aromatic carboxylic acids is 1. The maximum Gasteiger partial charge on any atom is 0.356 e. The highest BCUT2D eigenvalue weighted by Crippen LogP contribution is 2.01. The van der Waals surface area contributed by atoms with Gasteiger partial charge in [-0.2, -0.15) is 0 Å². The van der Waals surface area contributed by atoms with E-state index in [1.54, 1.807) is 0 Å². The number of aromatic nitrogens is 1. The van der Waals surface area contributed by atoms with E-state index < -0.39 is 11.9 Å². The molecule has 1 rings (SSSR count). The van der Waals surface area contributed by atoms with Crippen molar-refractivity contribution in [2.75, 3.05) is 7.11 Å². The summed E-state index contributed by atoms with van der Waals surface area (Å²) >= 11 is 0. The zero-order valence-electron chi connectivity index (χ0n) is 6.81. The lowest BCUT2D eigenvalue weighted by atomic mass is 10.2. The van der Waals surface area contributed by atoms with Gasteiger partial charge in [0, 0.05) is 11.8 Å². The molecule has 1 heterocycles. The van der Waals surface area contributed by atoms with Gasteiger partial charge in [0.05, 0.1) is 13.1 Å². The number of esters is 1. The van der Waals surface area contributed by atoms with Crippen molar-refractivity contribution in [2.24, 2.45) is 0 Å². The summed E-state index contributed by atoms with van der Waals surface area (Å²) in [4.78, 5) is 24.9. The van der Waals surface area contributed by atoms with Crippen LogP contribution in [0.15, 0.2) is 18.3 Å². The molecule has 0 aromatic carbocycles. The third-order valence-corrected chi connectivity index (χ3v) is 1.39. The number of hydrogen-bond donors (Lipinski definition) is 0. The molecule has 5 nitrogen and oxygen atoms in total. The Morgan fingerprint density at radius 3 is 2.77 bits per heavy atom. The van der Waals surface area contributed by atoms with E-state index in [0.29, 0.717) is 0 Å². The summed E-state index contributed by atoms with van der Waals surface area (Å²) in [7, 11) is 1.19. The second-order valence-electron chi connectivity index (χ2n) is 2.21. The van der Waals surface area contributed by atoms with Crippen molar-refractivity contribution in [3.05, 3.63) is 29.6 Å². The van der Waals surface area contributed by atoms with Crippen LogP contribution in [-0.4, -0.2) is 24.0 Å². The molecule has 0 fully saturated rings. The van der Waals surface area contributed by atoms with Gasteiger partial charge < -0.3 is 14.6 Å². The number of carbonyl (C=O) groups excluding carboxylic acids is 2. The van der Waals surface area contributed by atoms with Crippen molar-refractivity contribution >= 4 is 11.9 Å². The maximum absolute atomic E-state index is 10.9. The normalized spacial score (nSPS) is 9.31. The average molecular weight is 180 g/mol. The summed E-state index contributed by atoms with van der Waals surface area (Å²) in [5.74, 6) is -2.03. The molecule has 1 aromatic heterocycles. The number of carbonyl (C=O) groups is 2. The van der Waals surface area contributed by atoms with Crippen LogP contribution < -0.4 is 5.11 Å². The quantitative estimate of drug-likeness (QED) is 0.558. The SMILES string of the molecule is COC(=O)c1cc(C(=O)[O-])ccn1. The number of hydrogen-bond acceptors (Lipinski definition) is 5. The molecule has 0 atom stereocenters. The van der Waals surface area contributed by atoms with Crippen LogP contribution in [0, 0.1) is 0 Å². The zero-order chi connectivity index (χ0) is 9.84. The van der Waals surface area contributed by atoms with Gasteiger partial charge in [-0.25, -0.2) is 9.78 Å². The predicted molar refractivity (Wildman–Crippen MR) is 39.9 cm³/mol. The van der Waals surface area contributed by atoms with Crippen molar-refractivity contribution in [3.63, 3.8) is 0 Å². The molecule has 0 radical (unpaired) electrons. The Kier molecular flexibility index (Phi) is 2.59. The van der Waals surface area contributed by atoms with Gasteiger partial charge in [0.2, 0.25) is 0 Å². The third-order valence-electron chi connectivity index (χ3n) is 1.39. The molecule has 0 bridgehead atoms. The topological polar surface area (TPSA) is 79.3 Å². The summed E-state index contributed by atoms with van der Waals surface area (Å²) in [5, 5.41) is 10.4. The summed E-state index contributed by atoms with van der Waals surface area (Å²) in [5.41, 5.74) is -0.153. The maximum atomic E-state index is 10.9. The van der Waals surface area contributed by atoms with Gasteiger partial charge in [0.25, 0.3) is 0 Å². The number of pyridine rings is 1. The zero-order valence-corrected chi connectivity index (χ0v) is 6.81. The van der Waals surface area contributed by atoms with Crippen LogP contribution >= 0.6 is 0 Å². The summed E-state index contributed by atoms with van der Waals surface area (Å²) in [6.45, 7) is 0. The standard InChI is InChI=1S/C8H7NO4/c1-13-8(12)6-4-5(7(10)11)2-3-9-6/h2-4H,1H3,(H,10,11)/p-1. The smallest absolute Gasteiger partial charge is 0.356 e. The van der Waals surface area contributed by atoms with Gasteiger partial charge in [-0.15, -0.1) is 0 Å². The first kappa shape index (κ1) is 9.18. The fourth-order valence-electron chi connectivity index (χ4n) is 0.774. The van der Waals surface area contributed by atoms with Crippen molar-refractivity contribution in [2.45, 2.75) is 0 Å². The van der Waals surface area contributed by atoms with E-state index >= 15 is 0 Å². The van der Waals surface area contributed by atoms with E-state index in [4.69, 9.17) is 0 Å². The number of methoxy groups -OCH3 is 1. The number of carboxylic acids is 1. The summed E-state index contributed by atoms with van der Waals surface area (Å²) < 4.78 is 4.36. The van der Waals surface area contributed by atoms with Crippen LogP contribution in [0.1, 0.15) is 20.8 Å². The van der Waals surface area contributed by atoms with Crippen LogP contribution in [0.2, 0.25) is 0 Å². The molecule has 0 saturated carbocycles. The van der Waals surface area contributed by atoms with Crippen LogP contribution in [-0.2, 0) is 4.74 Å². The summed E-state index contributed by atoms with van der Waals surface area (Å²) in [6.07, 6.45) is 1.21. The van der Waals surface area contributed by atoms with Gasteiger partial charge in [0.15, 0.2) is 0 Å². The second kappa shape index (κ2) is 3.66. The highest BCUT2D eigenvalue weighted by Gasteiger charge is 2.07. The largest absolute Gasteiger partial charge is 0.545 e. The first-order valence-corrected chi connectivity index (χ1v) is 3.41. The van der Waals surface area contributed by atoms with Gasteiger partial charge >= 0.3 is 5.97 Å². The Hall–Kier alpha value is -1.91. The molecule has 0 N–H and O–H groups in total. The van der Waals surface area contributed by atoms with Crippen molar-refractivity contribution in [1.82, 2.24) is 4.98 Å². The lowest BCUT2D eigenvalue weighted by Gasteiger charge is -2.02. The molecule has 1 aromatic rings. The number of carboxylic acid groups (broad SMARTS) is 1. The predicted octanol–water partition coefficient (Wildman–Crippen LogP) is -0.768. The number of ether oxygens (including phenoxy) is 1. The molecule has 0 saturated heterocycles. The molecular formula is C8H6NO4-. The van der Waals surface area contributed by atoms with Crippen LogP contribution in [0.25, 0.3) is 0 Å². The monoisotopic (exact) mass is 180 g/mol.